The van der Waals surface area contributed by atoms with Gasteiger partial charge >= 0.3 is 0 Å². The van der Waals surface area contributed by atoms with Gasteiger partial charge in [0.1, 0.15) is 29.4 Å². The molecule has 0 unspecified atom stereocenters. The van der Waals surface area contributed by atoms with Crippen molar-refractivity contribution in [3.05, 3.63) is 63.7 Å². The van der Waals surface area contributed by atoms with Gasteiger partial charge in [0.15, 0.2) is 0 Å². The number of carbonyl (C=O) groups is 1. The van der Waals surface area contributed by atoms with Crippen molar-refractivity contribution >= 4 is 12.0 Å². The molecule has 0 heterocycles. The number of rotatable bonds is 4. The predicted octanol–water partition coefficient (Wildman–Crippen LogP) is 3.07. The van der Waals surface area contributed by atoms with Crippen LogP contribution in [0.2, 0.25) is 0 Å². The molecular formula is C14H8N2O4. The zero-order chi connectivity index (χ0) is 14.5. The lowest BCUT2D eigenvalue weighted by Gasteiger charge is -2.07. The van der Waals surface area contributed by atoms with Gasteiger partial charge in [-0.3, -0.25) is 14.9 Å². The Morgan fingerprint density at radius 2 is 1.90 bits per heavy atom. The quantitative estimate of drug-likeness (QED) is 0.482. The minimum atomic E-state index is -0.580. The smallest absolute Gasteiger partial charge is 0.271 e. The largest absolute Gasteiger partial charge is 0.456 e. The molecule has 0 saturated heterocycles. The zero-order valence-corrected chi connectivity index (χ0v) is 10.1. The van der Waals surface area contributed by atoms with Gasteiger partial charge < -0.3 is 4.74 Å². The van der Waals surface area contributed by atoms with Crippen molar-refractivity contribution in [1.29, 1.82) is 5.26 Å². The van der Waals surface area contributed by atoms with Crippen LogP contribution in [0, 0.1) is 21.4 Å². The normalized spacial score (nSPS) is 9.55. The van der Waals surface area contributed by atoms with Gasteiger partial charge in [-0.1, -0.05) is 0 Å². The Morgan fingerprint density at radius 1 is 1.20 bits per heavy atom. The van der Waals surface area contributed by atoms with Gasteiger partial charge in [0.2, 0.25) is 0 Å². The lowest BCUT2D eigenvalue weighted by Crippen LogP contribution is -1.92. The van der Waals surface area contributed by atoms with E-state index in [4.69, 9.17) is 10.00 Å². The number of nitriles is 1. The molecule has 0 atom stereocenters. The highest BCUT2D eigenvalue weighted by Gasteiger charge is 2.12. The van der Waals surface area contributed by atoms with Crippen LogP contribution in [0.4, 0.5) is 5.69 Å². The molecule has 2 aromatic rings. The van der Waals surface area contributed by atoms with E-state index < -0.39 is 4.92 Å². The second kappa shape index (κ2) is 5.63. The Balaban J connectivity index is 2.30. The maximum atomic E-state index is 10.6. The fourth-order valence-corrected chi connectivity index (χ4v) is 1.55. The molecule has 0 bridgehead atoms. The lowest BCUT2D eigenvalue weighted by atomic mass is 10.2. The average Bonchev–Trinajstić information content (AvgIpc) is 2.48. The molecule has 0 aliphatic carbocycles. The highest BCUT2D eigenvalue weighted by Crippen LogP contribution is 2.28. The molecular weight excluding hydrogens is 260 g/mol. The van der Waals surface area contributed by atoms with Crippen LogP contribution in [0.25, 0.3) is 0 Å². The summed E-state index contributed by atoms with van der Waals surface area (Å²) >= 11 is 0. The number of nitro groups is 1. The third-order valence-electron chi connectivity index (χ3n) is 2.54. The van der Waals surface area contributed by atoms with E-state index in [1.165, 1.54) is 12.1 Å². The number of nitrogens with zero attached hydrogens (tertiary/aromatic N) is 2. The second-order valence-electron chi connectivity index (χ2n) is 3.84. The van der Waals surface area contributed by atoms with E-state index in [1.54, 1.807) is 24.3 Å². The number of hydrogen-bond acceptors (Lipinski definition) is 5. The van der Waals surface area contributed by atoms with Gasteiger partial charge in [0.05, 0.1) is 4.92 Å². The first kappa shape index (κ1) is 13.2. The molecule has 0 aromatic heterocycles. The maximum Gasteiger partial charge on any atom is 0.271 e. The van der Waals surface area contributed by atoms with Crippen LogP contribution < -0.4 is 4.74 Å². The van der Waals surface area contributed by atoms with Gasteiger partial charge in [-0.25, -0.2) is 0 Å². The topological polar surface area (TPSA) is 93.2 Å². The molecule has 0 aliphatic rings. The summed E-state index contributed by atoms with van der Waals surface area (Å²) in [6.07, 6.45) is 0.705. The van der Waals surface area contributed by atoms with Crippen LogP contribution in [0.1, 0.15) is 15.9 Å². The van der Waals surface area contributed by atoms with E-state index >= 15 is 0 Å². The lowest BCUT2D eigenvalue weighted by molar-refractivity contribution is -0.384. The first-order valence-corrected chi connectivity index (χ1v) is 5.55. The Kier molecular flexibility index (Phi) is 3.72. The van der Waals surface area contributed by atoms with E-state index in [1.807, 2.05) is 6.07 Å². The Morgan fingerprint density at radius 3 is 2.45 bits per heavy atom. The van der Waals surface area contributed by atoms with Gasteiger partial charge in [-0.05, 0) is 30.3 Å². The maximum absolute atomic E-state index is 10.6. The summed E-state index contributed by atoms with van der Waals surface area (Å²) in [6.45, 7) is 0. The number of nitro benzene ring substituents is 1. The third-order valence-corrected chi connectivity index (χ3v) is 2.54. The first-order valence-electron chi connectivity index (χ1n) is 5.55. The van der Waals surface area contributed by atoms with Crippen LogP contribution in [0.15, 0.2) is 42.5 Å². The van der Waals surface area contributed by atoms with Crippen molar-refractivity contribution in [1.82, 2.24) is 0 Å². The van der Waals surface area contributed by atoms with Crippen molar-refractivity contribution in [2.75, 3.05) is 0 Å². The van der Waals surface area contributed by atoms with Crippen LogP contribution in [0.5, 0.6) is 11.5 Å². The van der Waals surface area contributed by atoms with Crippen molar-refractivity contribution in [3.63, 3.8) is 0 Å². The summed E-state index contributed by atoms with van der Waals surface area (Å²) < 4.78 is 5.47. The predicted molar refractivity (Wildman–Crippen MR) is 69.7 cm³/mol. The van der Waals surface area contributed by atoms with Crippen molar-refractivity contribution in [2.45, 2.75) is 0 Å². The van der Waals surface area contributed by atoms with Gasteiger partial charge in [-0.2, -0.15) is 5.26 Å². The van der Waals surface area contributed by atoms with E-state index in [0.29, 0.717) is 17.6 Å². The van der Waals surface area contributed by atoms with Crippen LogP contribution in [-0.2, 0) is 0 Å². The molecule has 0 N–H and O–H groups in total. The van der Waals surface area contributed by atoms with Crippen LogP contribution >= 0.6 is 0 Å². The first-order chi connectivity index (χ1) is 9.63. The molecule has 0 amide bonds. The number of benzene rings is 2. The highest BCUT2D eigenvalue weighted by molar-refractivity contribution is 5.74. The zero-order valence-electron chi connectivity index (χ0n) is 10.1. The third kappa shape index (κ3) is 2.79. The van der Waals surface area contributed by atoms with Crippen molar-refractivity contribution in [3.8, 4) is 17.6 Å². The summed E-state index contributed by atoms with van der Waals surface area (Å²) in [5.41, 5.74) is 0.394. The van der Waals surface area contributed by atoms with Crippen LogP contribution in [0.3, 0.4) is 0 Å². The Bertz CT molecular complexity index is 702. The molecule has 0 aliphatic heterocycles. The minimum absolute atomic E-state index is 0.0682. The average molecular weight is 268 g/mol. The van der Waals surface area contributed by atoms with Gasteiger partial charge in [-0.15, -0.1) is 0 Å². The van der Waals surface area contributed by atoms with E-state index in [-0.39, 0.29) is 17.0 Å². The fraction of sp³-hybridized carbons (Fsp3) is 0. The Labute approximate surface area is 114 Å². The molecule has 98 valence electrons. The standard InChI is InChI=1S/C14H8N2O4/c15-8-11-7-12(16(18)19)3-6-14(11)20-13-4-1-10(9-17)2-5-13/h1-7,9H. The molecule has 20 heavy (non-hydrogen) atoms. The summed E-state index contributed by atoms with van der Waals surface area (Å²) in [7, 11) is 0. The van der Waals surface area contributed by atoms with Gasteiger partial charge in [0, 0.05) is 17.7 Å². The summed E-state index contributed by atoms with van der Waals surface area (Å²) in [4.78, 5) is 20.6. The molecule has 2 rings (SSSR count). The SMILES string of the molecule is N#Cc1cc([N+](=O)[O-])ccc1Oc1ccc(C=O)cc1. The molecule has 0 spiro atoms. The summed E-state index contributed by atoms with van der Waals surface area (Å²) in [5, 5.41) is 19.6. The van der Waals surface area contributed by atoms with Crippen molar-refractivity contribution < 1.29 is 14.5 Å². The number of non-ortho nitro benzene ring substituents is 1. The molecule has 2 aromatic carbocycles. The Hall–Kier alpha value is -3.20. The number of carbonyl (C=O) groups excluding carboxylic acids is 1. The fourth-order valence-electron chi connectivity index (χ4n) is 1.55. The summed E-state index contributed by atoms with van der Waals surface area (Å²) in [6, 6.07) is 11.9. The molecule has 6 heteroatoms. The number of hydrogen-bond donors (Lipinski definition) is 0. The van der Waals surface area contributed by atoms with Crippen molar-refractivity contribution in [2.24, 2.45) is 0 Å². The molecule has 6 nitrogen and oxygen atoms in total. The van der Waals surface area contributed by atoms with E-state index in [2.05, 4.69) is 0 Å². The monoisotopic (exact) mass is 268 g/mol. The van der Waals surface area contributed by atoms with E-state index in [9.17, 15) is 14.9 Å². The minimum Gasteiger partial charge on any atom is -0.456 e. The number of aldehydes is 1. The second-order valence-corrected chi connectivity index (χ2v) is 3.84. The van der Waals surface area contributed by atoms with Gasteiger partial charge in [0.25, 0.3) is 5.69 Å². The number of ether oxygens (including phenoxy) is 1. The van der Waals surface area contributed by atoms with E-state index in [0.717, 1.165) is 6.07 Å². The molecule has 0 saturated carbocycles. The molecule has 0 fully saturated rings. The summed E-state index contributed by atoms with van der Waals surface area (Å²) in [5.74, 6) is 0.651. The highest BCUT2D eigenvalue weighted by atomic mass is 16.6. The molecule has 0 radical (unpaired) electrons. The van der Waals surface area contributed by atoms with Crippen LogP contribution in [-0.4, -0.2) is 11.2 Å².